The molecule has 15 heavy (non-hydrogen) atoms. The first-order chi connectivity index (χ1) is 7.01. The molecule has 0 heterocycles. The summed E-state index contributed by atoms with van der Waals surface area (Å²) in [5, 5.41) is 0. The normalized spacial score (nSPS) is 11.5. The maximum absolute atomic E-state index is 5.20. The zero-order chi connectivity index (χ0) is 11.3. The highest BCUT2D eigenvalue weighted by molar-refractivity contribution is 7.99. The molecule has 1 rings (SSSR count). The second-order valence-corrected chi connectivity index (χ2v) is 11.6. The topological polar surface area (TPSA) is 9.23 Å². The molecule has 0 aliphatic carbocycles. The van der Waals surface area contributed by atoms with Crippen LogP contribution in [0.5, 0.6) is 5.75 Å². The van der Waals surface area contributed by atoms with Crippen LogP contribution in [0.4, 0.5) is 0 Å². The average Bonchev–Trinajstić information content (AvgIpc) is 2.16. The Hall–Kier alpha value is -0.413. The Balaban J connectivity index is 2.44. The zero-order valence-electron chi connectivity index (χ0n) is 10.0. The summed E-state index contributed by atoms with van der Waals surface area (Å²) in [6.07, 6.45) is 0. The van der Waals surface area contributed by atoms with Gasteiger partial charge in [-0.15, -0.1) is 11.8 Å². The number of thioether (sulfide) groups is 1. The Morgan fingerprint density at radius 3 is 2.60 bits per heavy atom. The summed E-state index contributed by atoms with van der Waals surface area (Å²) in [6.45, 7) is 7.25. The van der Waals surface area contributed by atoms with E-state index in [4.69, 9.17) is 4.74 Å². The number of ether oxygens (including phenoxy) is 1. The van der Waals surface area contributed by atoms with Crippen molar-refractivity contribution in [1.29, 1.82) is 0 Å². The summed E-state index contributed by atoms with van der Waals surface area (Å²) in [5.74, 6) is 2.18. The second kappa shape index (κ2) is 5.61. The Morgan fingerprint density at radius 1 is 1.27 bits per heavy atom. The third-order valence-electron chi connectivity index (χ3n) is 2.16. The smallest absolute Gasteiger partial charge is 0.119 e. The van der Waals surface area contributed by atoms with Crippen LogP contribution < -0.4 is 4.74 Å². The summed E-state index contributed by atoms with van der Waals surface area (Å²) in [7, 11) is 0.829. The molecule has 3 heteroatoms. The van der Waals surface area contributed by atoms with Gasteiger partial charge in [-0.3, -0.25) is 0 Å². The monoisotopic (exact) mass is 240 g/mol. The third-order valence-corrected chi connectivity index (χ3v) is 5.27. The first-order valence-corrected chi connectivity index (χ1v) is 9.97. The minimum absolute atomic E-state index is 0.885. The summed E-state index contributed by atoms with van der Waals surface area (Å²) in [5.41, 5.74) is 0. The SMILES string of the molecule is COc1cccc(SCC[Si](C)(C)C)c1. The second-order valence-electron chi connectivity index (χ2n) is 4.84. The predicted octanol–water partition coefficient (Wildman–Crippen LogP) is 4.13. The van der Waals surface area contributed by atoms with Crippen LogP contribution in [0.2, 0.25) is 25.7 Å². The van der Waals surface area contributed by atoms with Gasteiger partial charge in [0.05, 0.1) is 7.11 Å². The van der Waals surface area contributed by atoms with Crippen molar-refractivity contribution in [2.45, 2.75) is 30.6 Å². The van der Waals surface area contributed by atoms with Crippen molar-refractivity contribution in [3.63, 3.8) is 0 Å². The number of hydrogen-bond donors (Lipinski definition) is 0. The van der Waals surface area contributed by atoms with E-state index in [1.54, 1.807) is 7.11 Å². The molecule has 0 bridgehead atoms. The molecule has 0 aliphatic rings. The van der Waals surface area contributed by atoms with Gasteiger partial charge in [-0.05, 0) is 30.0 Å². The maximum Gasteiger partial charge on any atom is 0.119 e. The molecular formula is C12H20OSSi. The van der Waals surface area contributed by atoms with Gasteiger partial charge in [0.2, 0.25) is 0 Å². The molecule has 0 amide bonds. The van der Waals surface area contributed by atoms with Crippen LogP contribution in [-0.2, 0) is 0 Å². The van der Waals surface area contributed by atoms with E-state index >= 15 is 0 Å². The Bertz CT molecular complexity index is 307. The summed E-state index contributed by atoms with van der Waals surface area (Å²) in [6, 6.07) is 9.67. The summed E-state index contributed by atoms with van der Waals surface area (Å²) in [4.78, 5) is 1.31. The van der Waals surface area contributed by atoms with Crippen molar-refractivity contribution in [2.75, 3.05) is 12.9 Å². The number of hydrogen-bond acceptors (Lipinski definition) is 2. The maximum atomic E-state index is 5.20. The molecular weight excluding hydrogens is 220 g/mol. The molecule has 0 fully saturated rings. The van der Waals surface area contributed by atoms with Crippen LogP contribution >= 0.6 is 11.8 Å². The fourth-order valence-electron chi connectivity index (χ4n) is 1.17. The predicted molar refractivity (Wildman–Crippen MR) is 71.9 cm³/mol. The molecule has 0 unspecified atom stereocenters. The van der Waals surface area contributed by atoms with Crippen LogP contribution in [0.15, 0.2) is 29.2 Å². The van der Waals surface area contributed by atoms with E-state index in [9.17, 15) is 0 Å². The van der Waals surface area contributed by atoms with Crippen LogP contribution in [0.1, 0.15) is 0 Å². The fraction of sp³-hybridized carbons (Fsp3) is 0.500. The Morgan fingerprint density at radius 2 is 2.00 bits per heavy atom. The quantitative estimate of drug-likeness (QED) is 0.565. The van der Waals surface area contributed by atoms with E-state index < -0.39 is 8.07 Å². The van der Waals surface area contributed by atoms with E-state index in [1.165, 1.54) is 16.7 Å². The van der Waals surface area contributed by atoms with E-state index in [1.807, 2.05) is 17.8 Å². The molecule has 0 atom stereocenters. The molecule has 0 N–H and O–H groups in total. The van der Waals surface area contributed by atoms with Gasteiger partial charge < -0.3 is 4.74 Å². The molecule has 0 aromatic heterocycles. The van der Waals surface area contributed by atoms with E-state index in [-0.39, 0.29) is 0 Å². The van der Waals surface area contributed by atoms with Crippen molar-refractivity contribution in [3.05, 3.63) is 24.3 Å². The highest BCUT2D eigenvalue weighted by Crippen LogP contribution is 2.25. The first-order valence-electron chi connectivity index (χ1n) is 5.28. The minimum atomic E-state index is -0.885. The van der Waals surface area contributed by atoms with Gasteiger partial charge in [0, 0.05) is 13.0 Å². The van der Waals surface area contributed by atoms with Crippen LogP contribution in [0.25, 0.3) is 0 Å². The van der Waals surface area contributed by atoms with Gasteiger partial charge in [-0.1, -0.05) is 25.7 Å². The summed E-state index contributed by atoms with van der Waals surface area (Å²) < 4.78 is 5.20. The van der Waals surface area contributed by atoms with Gasteiger partial charge in [0.15, 0.2) is 0 Å². The van der Waals surface area contributed by atoms with Crippen molar-refractivity contribution in [2.24, 2.45) is 0 Å². The highest BCUT2D eigenvalue weighted by atomic mass is 32.2. The molecule has 0 radical (unpaired) electrons. The van der Waals surface area contributed by atoms with E-state index in [2.05, 4.69) is 37.8 Å². The zero-order valence-corrected chi connectivity index (χ0v) is 11.9. The molecule has 0 saturated carbocycles. The third kappa shape index (κ3) is 5.28. The van der Waals surface area contributed by atoms with Crippen molar-refractivity contribution < 1.29 is 4.74 Å². The number of rotatable bonds is 5. The van der Waals surface area contributed by atoms with E-state index in [0.29, 0.717) is 0 Å². The lowest BCUT2D eigenvalue weighted by Crippen LogP contribution is -2.19. The summed E-state index contributed by atoms with van der Waals surface area (Å²) >= 11 is 1.93. The number of benzene rings is 1. The first kappa shape index (κ1) is 12.7. The lowest BCUT2D eigenvalue weighted by Gasteiger charge is -2.14. The van der Waals surface area contributed by atoms with E-state index in [0.717, 1.165) is 5.75 Å². The van der Waals surface area contributed by atoms with Crippen molar-refractivity contribution in [3.8, 4) is 5.75 Å². The van der Waals surface area contributed by atoms with Gasteiger partial charge >= 0.3 is 0 Å². The molecule has 1 aromatic carbocycles. The van der Waals surface area contributed by atoms with Gasteiger partial charge in [0.25, 0.3) is 0 Å². The largest absolute Gasteiger partial charge is 0.497 e. The standard InChI is InChI=1S/C12H20OSSi/c1-13-11-6-5-7-12(10-11)14-8-9-15(2,3)4/h5-7,10H,8-9H2,1-4H3. The molecule has 0 aliphatic heterocycles. The Labute approximate surface area is 98.2 Å². The van der Waals surface area contributed by atoms with Crippen molar-refractivity contribution in [1.82, 2.24) is 0 Å². The molecule has 84 valence electrons. The lowest BCUT2D eigenvalue weighted by molar-refractivity contribution is 0.413. The van der Waals surface area contributed by atoms with Crippen LogP contribution in [0, 0.1) is 0 Å². The molecule has 0 spiro atoms. The lowest BCUT2D eigenvalue weighted by atomic mass is 10.3. The molecule has 0 saturated heterocycles. The van der Waals surface area contributed by atoms with Crippen LogP contribution in [-0.4, -0.2) is 20.9 Å². The van der Waals surface area contributed by atoms with Gasteiger partial charge in [-0.25, -0.2) is 0 Å². The highest BCUT2D eigenvalue weighted by Gasteiger charge is 2.12. The fourth-order valence-corrected chi connectivity index (χ4v) is 4.63. The minimum Gasteiger partial charge on any atom is -0.497 e. The molecule has 1 nitrogen and oxygen atoms in total. The average molecular weight is 240 g/mol. The van der Waals surface area contributed by atoms with Crippen LogP contribution in [0.3, 0.4) is 0 Å². The molecule has 1 aromatic rings. The number of methoxy groups -OCH3 is 1. The van der Waals surface area contributed by atoms with Gasteiger partial charge in [-0.2, -0.15) is 0 Å². The van der Waals surface area contributed by atoms with Crippen molar-refractivity contribution >= 4 is 19.8 Å². The van der Waals surface area contributed by atoms with Gasteiger partial charge in [0.1, 0.15) is 5.75 Å². The Kier molecular flexibility index (Phi) is 4.73.